The summed E-state index contributed by atoms with van der Waals surface area (Å²) in [7, 11) is 1.70. The average Bonchev–Trinajstić information content (AvgIpc) is 3.17. The molecule has 0 spiro atoms. The van der Waals surface area contributed by atoms with E-state index >= 15 is 0 Å². The summed E-state index contributed by atoms with van der Waals surface area (Å²) in [6, 6.07) is 16.3. The van der Waals surface area contributed by atoms with Gasteiger partial charge >= 0.3 is 0 Å². The maximum Gasteiger partial charge on any atom is 0.274 e. The van der Waals surface area contributed by atoms with Crippen molar-refractivity contribution >= 4 is 16.6 Å². The van der Waals surface area contributed by atoms with E-state index in [2.05, 4.69) is 11.1 Å². The molecule has 4 aromatic rings. The van der Waals surface area contributed by atoms with E-state index in [1.807, 2.05) is 12.1 Å². The van der Waals surface area contributed by atoms with Gasteiger partial charge in [0, 0.05) is 41.6 Å². The molecule has 2 aromatic heterocycles. The number of nitrogen functional groups attached to an aromatic ring is 1. The van der Waals surface area contributed by atoms with Gasteiger partial charge in [0.25, 0.3) is 5.56 Å². The zero-order chi connectivity index (χ0) is 19.0. The van der Waals surface area contributed by atoms with Crippen LogP contribution in [-0.4, -0.2) is 9.55 Å². The van der Waals surface area contributed by atoms with Crippen LogP contribution in [-0.2, 0) is 7.05 Å². The maximum atomic E-state index is 12.3. The van der Waals surface area contributed by atoms with Gasteiger partial charge in [0.2, 0.25) is 0 Å². The predicted octanol–water partition coefficient (Wildman–Crippen LogP) is 3.78. The van der Waals surface area contributed by atoms with Crippen LogP contribution in [0.25, 0.3) is 22.0 Å². The Balaban J connectivity index is 1.94. The molecule has 0 unspecified atom stereocenters. The first-order valence-corrected chi connectivity index (χ1v) is 8.32. The molecular weight excluding hydrogens is 340 g/mol. The zero-order valence-electron chi connectivity index (χ0n) is 14.6. The second-order valence-electron chi connectivity index (χ2n) is 6.19. The Morgan fingerprint density at radius 2 is 1.93 bits per heavy atom. The molecule has 0 amide bonds. The van der Waals surface area contributed by atoms with Crippen molar-refractivity contribution in [2.45, 2.75) is 0 Å². The lowest BCUT2D eigenvalue weighted by Crippen LogP contribution is -2.16. The first-order valence-electron chi connectivity index (χ1n) is 8.32. The van der Waals surface area contributed by atoms with Crippen LogP contribution in [0.5, 0.6) is 11.5 Å². The highest BCUT2D eigenvalue weighted by molar-refractivity contribution is 5.96. The summed E-state index contributed by atoms with van der Waals surface area (Å²) in [4.78, 5) is 15.3. The molecule has 2 aromatic carbocycles. The van der Waals surface area contributed by atoms with E-state index in [-0.39, 0.29) is 5.56 Å². The number of aromatic nitrogens is 2. The summed E-state index contributed by atoms with van der Waals surface area (Å²) in [6.45, 7) is 0. The molecule has 3 N–H and O–H groups in total. The fourth-order valence-electron chi connectivity index (χ4n) is 3.10. The molecule has 4 rings (SSSR count). The van der Waals surface area contributed by atoms with Crippen molar-refractivity contribution < 1.29 is 4.74 Å². The van der Waals surface area contributed by atoms with Crippen LogP contribution in [0, 0.1) is 11.3 Å². The number of hydrogen-bond acceptors (Lipinski definition) is 4. The number of anilines is 1. The number of aromatic amines is 1. The Morgan fingerprint density at radius 1 is 1.11 bits per heavy atom. The van der Waals surface area contributed by atoms with Crippen molar-refractivity contribution in [1.29, 1.82) is 5.26 Å². The number of rotatable bonds is 3. The highest BCUT2D eigenvalue weighted by atomic mass is 16.5. The van der Waals surface area contributed by atoms with Crippen molar-refractivity contribution in [1.82, 2.24) is 9.55 Å². The van der Waals surface area contributed by atoms with Crippen LogP contribution >= 0.6 is 0 Å². The Morgan fingerprint density at radius 3 is 2.74 bits per heavy atom. The Kier molecular flexibility index (Phi) is 3.90. The molecule has 0 bridgehead atoms. The smallest absolute Gasteiger partial charge is 0.274 e. The second kappa shape index (κ2) is 6.39. The monoisotopic (exact) mass is 356 g/mol. The molecule has 132 valence electrons. The number of H-pyrrole nitrogens is 1. The third-order valence-electron chi connectivity index (χ3n) is 4.42. The number of benzene rings is 2. The third kappa shape index (κ3) is 2.81. The lowest BCUT2D eigenvalue weighted by molar-refractivity contribution is 0.483. The molecule has 0 fully saturated rings. The zero-order valence-corrected chi connectivity index (χ0v) is 14.6. The van der Waals surface area contributed by atoms with Gasteiger partial charge in [-0.1, -0.05) is 12.1 Å². The minimum absolute atomic E-state index is 0.111. The summed E-state index contributed by atoms with van der Waals surface area (Å²) in [5.41, 5.74) is 8.98. The molecule has 0 aliphatic heterocycles. The molecule has 0 radical (unpaired) electrons. The maximum absolute atomic E-state index is 12.3. The molecule has 0 atom stereocenters. The normalized spacial score (nSPS) is 10.7. The van der Waals surface area contributed by atoms with Crippen LogP contribution < -0.4 is 16.0 Å². The van der Waals surface area contributed by atoms with Crippen molar-refractivity contribution in [3.8, 4) is 28.7 Å². The van der Waals surface area contributed by atoms with Crippen LogP contribution in [0.4, 0.5) is 5.69 Å². The summed E-state index contributed by atoms with van der Waals surface area (Å²) in [6.07, 6.45) is 3.49. The first kappa shape index (κ1) is 16.5. The quantitative estimate of drug-likeness (QED) is 0.546. The number of ether oxygens (including phenoxy) is 1. The predicted molar refractivity (Wildman–Crippen MR) is 105 cm³/mol. The molecule has 0 saturated carbocycles. The van der Waals surface area contributed by atoms with Gasteiger partial charge in [0.1, 0.15) is 23.1 Å². The van der Waals surface area contributed by atoms with Crippen molar-refractivity contribution in [3.63, 3.8) is 0 Å². The fraction of sp³-hybridized carbons (Fsp3) is 0.0476. The first-order chi connectivity index (χ1) is 13.1. The Bertz CT molecular complexity index is 1260. The standard InChI is InChI=1S/C21H16N4O2/c1-25-12-17(15-8-9-24-20(15)21(25)26)16-10-14(23)6-7-19(16)27-18-5-3-2-4-13(18)11-22/h2-10,12,24H,23H2,1H3. The lowest BCUT2D eigenvalue weighted by atomic mass is 10.0. The SMILES string of the molecule is Cn1cc(-c2cc(N)ccc2Oc2ccccc2C#N)c2cc[nH]c2c1=O. The minimum Gasteiger partial charge on any atom is -0.455 e. The van der Waals surface area contributed by atoms with Gasteiger partial charge in [-0.15, -0.1) is 0 Å². The number of nitrogens with one attached hydrogen (secondary N) is 1. The van der Waals surface area contributed by atoms with E-state index in [0.717, 1.165) is 16.5 Å². The topological polar surface area (TPSA) is 96.8 Å². The van der Waals surface area contributed by atoms with Gasteiger partial charge in [-0.3, -0.25) is 4.79 Å². The molecule has 6 heteroatoms. The fourth-order valence-corrected chi connectivity index (χ4v) is 3.10. The largest absolute Gasteiger partial charge is 0.455 e. The van der Waals surface area contributed by atoms with E-state index in [4.69, 9.17) is 10.5 Å². The molecule has 2 heterocycles. The van der Waals surface area contributed by atoms with Gasteiger partial charge in [0.15, 0.2) is 0 Å². The minimum atomic E-state index is -0.111. The summed E-state index contributed by atoms with van der Waals surface area (Å²) >= 11 is 0. The second-order valence-corrected chi connectivity index (χ2v) is 6.19. The number of para-hydroxylation sites is 1. The number of nitrogens with zero attached hydrogens (tertiary/aromatic N) is 2. The van der Waals surface area contributed by atoms with Gasteiger partial charge < -0.3 is 20.0 Å². The molecule has 0 aliphatic carbocycles. The van der Waals surface area contributed by atoms with Gasteiger partial charge in [-0.2, -0.15) is 5.26 Å². The molecule has 27 heavy (non-hydrogen) atoms. The number of hydrogen-bond donors (Lipinski definition) is 2. The van der Waals surface area contributed by atoms with E-state index in [9.17, 15) is 10.1 Å². The average molecular weight is 356 g/mol. The summed E-state index contributed by atoms with van der Waals surface area (Å²) in [5, 5.41) is 10.1. The molecule has 6 nitrogen and oxygen atoms in total. The van der Waals surface area contributed by atoms with Crippen LogP contribution in [0.15, 0.2) is 65.7 Å². The molecule has 0 aliphatic rings. The molecular formula is C21H16N4O2. The van der Waals surface area contributed by atoms with Crippen molar-refractivity contribution in [3.05, 3.63) is 76.8 Å². The van der Waals surface area contributed by atoms with Crippen LogP contribution in [0.3, 0.4) is 0 Å². The number of nitrogens with two attached hydrogens (primary N) is 1. The van der Waals surface area contributed by atoms with E-state index in [1.165, 1.54) is 4.57 Å². The van der Waals surface area contributed by atoms with Crippen molar-refractivity contribution in [2.24, 2.45) is 7.05 Å². The van der Waals surface area contributed by atoms with Crippen LogP contribution in [0.1, 0.15) is 5.56 Å². The third-order valence-corrected chi connectivity index (χ3v) is 4.42. The summed E-state index contributed by atoms with van der Waals surface area (Å²) in [5.74, 6) is 1.01. The highest BCUT2D eigenvalue weighted by Crippen LogP contribution is 2.38. The van der Waals surface area contributed by atoms with Gasteiger partial charge in [-0.05, 0) is 36.4 Å². The van der Waals surface area contributed by atoms with Crippen molar-refractivity contribution in [2.75, 3.05) is 5.73 Å². The number of pyridine rings is 1. The number of fused-ring (bicyclic) bond motifs is 1. The van der Waals surface area contributed by atoms with E-state index in [0.29, 0.717) is 28.3 Å². The molecule has 0 saturated heterocycles. The highest BCUT2D eigenvalue weighted by Gasteiger charge is 2.16. The number of nitriles is 1. The van der Waals surface area contributed by atoms with Gasteiger partial charge in [0.05, 0.1) is 5.56 Å². The Hall–Kier alpha value is -3.98. The lowest BCUT2D eigenvalue weighted by Gasteiger charge is -2.14. The summed E-state index contributed by atoms with van der Waals surface area (Å²) < 4.78 is 7.58. The Labute approximate surface area is 155 Å². The van der Waals surface area contributed by atoms with E-state index in [1.54, 1.807) is 55.8 Å². The number of aryl methyl sites for hydroxylation is 1. The van der Waals surface area contributed by atoms with Gasteiger partial charge in [-0.25, -0.2) is 0 Å². The van der Waals surface area contributed by atoms with E-state index < -0.39 is 0 Å². The van der Waals surface area contributed by atoms with Crippen LogP contribution in [0.2, 0.25) is 0 Å².